The monoisotopic (exact) mass is 214 g/mol. The van der Waals surface area contributed by atoms with Crippen LogP contribution in [0.1, 0.15) is 11.1 Å². The lowest BCUT2D eigenvalue weighted by Gasteiger charge is -2.12. The summed E-state index contributed by atoms with van der Waals surface area (Å²) in [7, 11) is 0. The molecule has 0 aliphatic carbocycles. The fourth-order valence-electron chi connectivity index (χ4n) is 1.89. The second-order valence-corrected chi connectivity index (χ2v) is 3.63. The van der Waals surface area contributed by atoms with Crippen molar-refractivity contribution in [2.75, 3.05) is 0 Å². The first-order valence-corrected chi connectivity index (χ1v) is 5.24. The Kier molecular flexibility index (Phi) is 3.34. The summed E-state index contributed by atoms with van der Waals surface area (Å²) in [6.07, 6.45) is 0. The second kappa shape index (κ2) is 4.92. The maximum atomic E-state index is 9.32. The molecule has 2 N–H and O–H groups in total. The van der Waals surface area contributed by atoms with Gasteiger partial charge in [0, 0.05) is 0 Å². The van der Waals surface area contributed by atoms with Gasteiger partial charge in [-0.05, 0) is 22.3 Å². The SMILES string of the molecule is OCc1cccc(CO)c1-c1ccccc1. The van der Waals surface area contributed by atoms with Crippen molar-refractivity contribution >= 4 is 0 Å². The van der Waals surface area contributed by atoms with Crippen LogP contribution in [-0.2, 0) is 13.2 Å². The van der Waals surface area contributed by atoms with Crippen molar-refractivity contribution in [1.29, 1.82) is 0 Å². The zero-order chi connectivity index (χ0) is 11.4. The van der Waals surface area contributed by atoms with Gasteiger partial charge in [0.1, 0.15) is 0 Å². The molecule has 0 aliphatic rings. The van der Waals surface area contributed by atoms with E-state index in [0.29, 0.717) is 0 Å². The Morgan fingerprint density at radius 2 is 1.25 bits per heavy atom. The summed E-state index contributed by atoms with van der Waals surface area (Å²) in [6, 6.07) is 15.4. The molecule has 0 saturated carbocycles. The molecule has 0 spiro atoms. The van der Waals surface area contributed by atoms with E-state index in [9.17, 15) is 10.2 Å². The lowest BCUT2D eigenvalue weighted by atomic mass is 9.95. The highest BCUT2D eigenvalue weighted by Crippen LogP contribution is 2.27. The van der Waals surface area contributed by atoms with E-state index in [4.69, 9.17) is 0 Å². The molecule has 0 bridgehead atoms. The standard InChI is InChI=1S/C14H14O2/c15-9-12-7-4-8-13(10-16)14(12)11-5-2-1-3-6-11/h1-8,15-16H,9-10H2. The molecule has 0 aromatic heterocycles. The van der Waals surface area contributed by atoms with E-state index in [-0.39, 0.29) is 13.2 Å². The zero-order valence-corrected chi connectivity index (χ0v) is 8.93. The third-order valence-electron chi connectivity index (χ3n) is 2.64. The minimum atomic E-state index is -0.0158. The number of aliphatic hydroxyl groups is 2. The summed E-state index contributed by atoms with van der Waals surface area (Å²) in [5, 5.41) is 18.6. The maximum Gasteiger partial charge on any atom is 0.0687 e. The predicted octanol–water partition coefficient (Wildman–Crippen LogP) is 2.34. The van der Waals surface area contributed by atoms with Crippen molar-refractivity contribution in [3.63, 3.8) is 0 Å². The van der Waals surface area contributed by atoms with E-state index in [1.165, 1.54) is 0 Å². The average molecular weight is 214 g/mol. The zero-order valence-electron chi connectivity index (χ0n) is 8.93. The highest BCUT2D eigenvalue weighted by atomic mass is 16.3. The Bertz CT molecular complexity index is 441. The first-order chi connectivity index (χ1) is 7.86. The molecular formula is C14H14O2. The highest BCUT2D eigenvalue weighted by Gasteiger charge is 2.08. The smallest absolute Gasteiger partial charge is 0.0687 e. The quantitative estimate of drug-likeness (QED) is 0.823. The van der Waals surface area contributed by atoms with Crippen molar-refractivity contribution in [1.82, 2.24) is 0 Å². The van der Waals surface area contributed by atoms with Gasteiger partial charge in [0.2, 0.25) is 0 Å². The van der Waals surface area contributed by atoms with Crippen molar-refractivity contribution < 1.29 is 10.2 Å². The van der Waals surface area contributed by atoms with Gasteiger partial charge in [0.15, 0.2) is 0 Å². The van der Waals surface area contributed by atoms with Crippen LogP contribution in [0.25, 0.3) is 11.1 Å². The van der Waals surface area contributed by atoms with Gasteiger partial charge in [-0.1, -0.05) is 48.5 Å². The van der Waals surface area contributed by atoms with E-state index < -0.39 is 0 Å². The van der Waals surface area contributed by atoms with E-state index in [2.05, 4.69) is 0 Å². The molecule has 0 aliphatic heterocycles. The van der Waals surface area contributed by atoms with Gasteiger partial charge in [-0.3, -0.25) is 0 Å². The van der Waals surface area contributed by atoms with Gasteiger partial charge in [0.25, 0.3) is 0 Å². The van der Waals surface area contributed by atoms with E-state index in [1.54, 1.807) is 0 Å². The van der Waals surface area contributed by atoms with Crippen molar-refractivity contribution in [2.24, 2.45) is 0 Å². The Balaban J connectivity index is 2.62. The van der Waals surface area contributed by atoms with Crippen LogP contribution < -0.4 is 0 Å². The first kappa shape index (κ1) is 10.9. The molecule has 0 fully saturated rings. The van der Waals surface area contributed by atoms with Crippen LogP contribution in [0.2, 0.25) is 0 Å². The normalized spacial score (nSPS) is 10.4. The minimum Gasteiger partial charge on any atom is -0.392 e. The second-order valence-electron chi connectivity index (χ2n) is 3.63. The molecule has 82 valence electrons. The number of hydrogen-bond donors (Lipinski definition) is 2. The van der Waals surface area contributed by atoms with Crippen molar-refractivity contribution in [3.05, 3.63) is 59.7 Å². The number of hydrogen-bond acceptors (Lipinski definition) is 2. The Hall–Kier alpha value is -1.64. The molecule has 0 atom stereocenters. The van der Waals surface area contributed by atoms with E-state index >= 15 is 0 Å². The van der Waals surface area contributed by atoms with Crippen LogP contribution in [-0.4, -0.2) is 10.2 Å². The molecule has 0 heterocycles. The summed E-state index contributed by atoms with van der Waals surface area (Å²) >= 11 is 0. The van der Waals surface area contributed by atoms with Crippen LogP contribution in [0.3, 0.4) is 0 Å². The molecule has 2 aromatic carbocycles. The largest absolute Gasteiger partial charge is 0.392 e. The van der Waals surface area contributed by atoms with Crippen molar-refractivity contribution in [3.8, 4) is 11.1 Å². The van der Waals surface area contributed by atoms with E-state index in [0.717, 1.165) is 22.3 Å². The fourth-order valence-corrected chi connectivity index (χ4v) is 1.89. The number of aliphatic hydroxyl groups excluding tert-OH is 2. The topological polar surface area (TPSA) is 40.5 Å². The molecular weight excluding hydrogens is 200 g/mol. The Morgan fingerprint density at radius 1 is 0.688 bits per heavy atom. The molecule has 0 saturated heterocycles. The Labute approximate surface area is 94.8 Å². The first-order valence-electron chi connectivity index (χ1n) is 5.24. The number of rotatable bonds is 3. The van der Waals surface area contributed by atoms with Crippen LogP contribution in [0, 0.1) is 0 Å². The van der Waals surface area contributed by atoms with Crippen LogP contribution in [0.5, 0.6) is 0 Å². The molecule has 0 radical (unpaired) electrons. The molecule has 2 nitrogen and oxygen atoms in total. The van der Waals surface area contributed by atoms with Gasteiger partial charge in [-0.2, -0.15) is 0 Å². The Morgan fingerprint density at radius 3 is 1.75 bits per heavy atom. The van der Waals surface area contributed by atoms with Gasteiger partial charge in [0.05, 0.1) is 13.2 Å². The molecule has 16 heavy (non-hydrogen) atoms. The van der Waals surface area contributed by atoms with Gasteiger partial charge in [-0.15, -0.1) is 0 Å². The van der Waals surface area contributed by atoms with Crippen molar-refractivity contribution in [2.45, 2.75) is 13.2 Å². The third-order valence-corrected chi connectivity index (χ3v) is 2.64. The summed E-state index contributed by atoms with van der Waals surface area (Å²) in [6.45, 7) is -0.0316. The molecule has 0 amide bonds. The lowest BCUT2D eigenvalue weighted by molar-refractivity contribution is 0.276. The summed E-state index contributed by atoms with van der Waals surface area (Å²) < 4.78 is 0. The molecule has 2 aromatic rings. The van der Waals surface area contributed by atoms with Crippen LogP contribution in [0.15, 0.2) is 48.5 Å². The van der Waals surface area contributed by atoms with Crippen LogP contribution in [0.4, 0.5) is 0 Å². The summed E-state index contributed by atoms with van der Waals surface area (Å²) in [5.41, 5.74) is 3.65. The van der Waals surface area contributed by atoms with E-state index in [1.807, 2.05) is 48.5 Å². The molecule has 0 unspecified atom stereocenters. The highest BCUT2D eigenvalue weighted by molar-refractivity contribution is 5.70. The third kappa shape index (κ3) is 1.98. The summed E-state index contributed by atoms with van der Waals surface area (Å²) in [4.78, 5) is 0. The predicted molar refractivity (Wildman–Crippen MR) is 63.7 cm³/mol. The molecule has 2 heteroatoms. The van der Waals surface area contributed by atoms with Gasteiger partial charge < -0.3 is 10.2 Å². The average Bonchev–Trinajstić information content (AvgIpc) is 2.38. The van der Waals surface area contributed by atoms with Crippen LogP contribution >= 0.6 is 0 Å². The summed E-state index contributed by atoms with van der Waals surface area (Å²) in [5.74, 6) is 0. The lowest BCUT2D eigenvalue weighted by Crippen LogP contribution is -1.95. The maximum absolute atomic E-state index is 9.32. The van der Waals surface area contributed by atoms with Gasteiger partial charge in [-0.25, -0.2) is 0 Å². The number of benzene rings is 2. The minimum absolute atomic E-state index is 0.0158. The van der Waals surface area contributed by atoms with Gasteiger partial charge >= 0.3 is 0 Å². The fraction of sp³-hybridized carbons (Fsp3) is 0.143. The molecule has 2 rings (SSSR count).